The summed E-state index contributed by atoms with van der Waals surface area (Å²) in [6, 6.07) is 2.04. The number of fused-ring (bicyclic) bond motifs is 1. The molecule has 0 bridgehead atoms. The molecule has 114 valence electrons. The summed E-state index contributed by atoms with van der Waals surface area (Å²) in [4.78, 5) is 17.4. The van der Waals surface area contributed by atoms with Crippen molar-refractivity contribution in [3.8, 4) is 0 Å². The van der Waals surface area contributed by atoms with Crippen LogP contribution in [-0.4, -0.2) is 36.3 Å². The van der Waals surface area contributed by atoms with Crippen molar-refractivity contribution < 1.29 is 0 Å². The van der Waals surface area contributed by atoms with Gasteiger partial charge in [-0.1, -0.05) is 0 Å². The van der Waals surface area contributed by atoms with Crippen LogP contribution in [0.5, 0.6) is 0 Å². The van der Waals surface area contributed by atoms with Crippen molar-refractivity contribution >= 4 is 16.9 Å². The smallest absolute Gasteiger partial charge is 0.165 e. The van der Waals surface area contributed by atoms with E-state index < -0.39 is 0 Å². The highest BCUT2D eigenvalue weighted by molar-refractivity contribution is 5.89. The second-order valence-corrected chi connectivity index (χ2v) is 5.36. The van der Waals surface area contributed by atoms with Crippen molar-refractivity contribution in [3.63, 3.8) is 0 Å². The van der Waals surface area contributed by atoms with Gasteiger partial charge in [0.25, 0.3) is 0 Å². The summed E-state index contributed by atoms with van der Waals surface area (Å²) in [5, 5.41) is 8.68. The van der Waals surface area contributed by atoms with Gasteiger partial charge >= 0.3 is 0 Å². The molecule has 0 aromatic carbocycles. The van der Waals surface area contributed by atoms with E-state index in [1.165, 1.54) is 0 Å². The fourth-order valence-electron chi connectivity index (χ4n) is 2.60. The van der Waals surface area contributed by atoms with Gasteiger partial charge in [0.15, 0.2) is 5.65 Å². The number of pyridine rings is 1. The van der Waals surface area contributed by atoms with Gasteiger partial charge in [-0.2, -0.15) is 5.10 Å². The van der Waals surface area contributed by atoms with Crippen LogP contribution in [-0.2, 0) is 6.54 Å². The third kappa shape index (κ3) is 2.74. The van der Waals surface area contributed by atoms with Crippen LogP contribution in [0.2, 0.25) is 0 Å². The summed E-state index contributed by atoms with van der Waals surface area (Å²) in [5.74, 6) is 2.52. The second kappa shape index (κ2) is 5.67. The van der Waals surface area contributed by atoms with Crippen molar-refractivity contribution in [3.05, 3.63) is 35.3 Å². The lowest BCUT2D eigenvalue weighted by Gasteiger charge is -2.10. The highest BCUT2D eigenvalue weighted by atomic mass is 15.3. The topological polar surface area (TPSA) is 81.4 Å². The third-order valence-corrected chi connectivity index (χ3v) is 3.51. The van der Waals surface area contributed by atoms with Gasteiger partial charge in [-0.05, 0) is 39.3 Å². The Morgan fingerprint density at radius 2 is 1.91 bits per heavy atom. The maximum atomic E-state index is 4.46. The van der Waals surface area contributed by atoms with Gasteiger partial charge in [-0.15, -0.1) is 0 Å². The van der Waals surface area contributed by atoms with Crippen LogP contribution in [0, 0.1) is 27.7 Å². The molecule has 7 heteroatoms. The average molecular weight is 297 g/mol. The van der Waals surface area contributed by atoms with Gasteiger partial charge in [-0.3, -0.25) is 0 Å². The molecular weight excluding hydrogens is 278 g/mol. The number of anilines is 1. The zero-order valence-corrected chi connectivity index (χ0v) is 13.3. The van der Waals surface area contributed by atoms with E-state index in [2.05, 4.69) is 37.3 Å². The minimum atomic E-state index is 0.711. The number of rotatable bonds is 4. The lowest BCUT2D eigenvalue weighted by Crippen LogP contribution is -2.14. The molecule has 0 radical (unpaired) electrons. The summed E-state index contributed by atoms with van der Waals surface area (Å²) in [6.07, 6.45) is 1.54. The van der Waals surface area contributed by atoms with Crippen LogP contribution < -0.4 is 5.32 Å². The van der Waals surface area contributed by atoms with E-state index in [0.717, 1.165) is 46.3 Å². The number of nitrogens with zero attached hydrogens (tertiary/aromatic N) is 6. The van der Waals surface area contributed by atoms with Gasteiger partial charge in [0.2, 0.25) is 0 Å². The minimum Gasteiger partial charge on any atom is -0.368 e. The van der Waals surface area contributed by atoms with Crippen LogP contribution in [0.4, 0.5) is 5.82 Å². The monoisotopic (exact) mass is 297 g/mol. The van der Waals surface area contributed by atoms with Gasteiger partial charge in [0, 0.05) is 12.2 Å². The molecular formula is C15H19N7. The van der Waals surface area contributed by atoms with Crippen LogP contribution in [0.3, 0.4) is 0 Å². The number of aryl methyl sites for hydroxylation is 4. The molecule has 3 aromatic heterocycles. The number of aromatic nitrogens is 6. The highest BCUT2D eigenvalue weighted by Gasteiger charge is 2.09. The van der Waals surface area contributed by atoms with E-state index in [-0.39, 0.29) is 0 Å². The largest absolute Gasteiger partial charge is 0.368 e. The number of hydrogen-bond donors (Lipinski definition) is 1. The molecule has 0 fully saturated rings. The average Bonchev–Trinajstić information content (AvgIpc) is 2.76. The van der Waals surface area contributed by atoms with Crippen molar-refractivity contribution in [1.29, 1.82) is 0 Å². The van der Waals surface area contributed by atoms with E-state index in [1.807, 2.05) is 31.5 Å². The van der Waals surface area contributed by atoms with E-state index in [1.54, 1.807) is 6.33 Å². The first-order valence-corrected chi connectivity index (χ1v) is 7.25. The Balaban J connectivity index is 1.81. The summed E-state index contributed by atoms with van der Waals surface area (Å²) < 4.78 is 1.89. The molecule has 0 unspecified atom stereocenters. The van der Waals surface area contributed by atoms with Gasteiger partial charge in [0.05, 0.1) is 11.9 Å². The fourth-order valence-corrected chi connectivity index (χ4v) is 2.60. The van der Waals surface area contributed by atoms with E-state index in [4.69, 9.17) is 0 Å². The molecule has 22 heavy (non-hydrogen) atoms. The molecule has 0 saturated heterocycles. The van der Waals surface area contributed by atoms with Crippen LogP contribution in [0.1, 0.15) is 22.9 Å². The molecule has 0 atom stereocenters. The molecule has 7 nitrogen and oxygen atoms in total. The van der Waals surface area contributed by atoms with Crippen molar-refractivity contribution in [1.82, 2.24) is 29.7 Å². The SMILES string of the molecule is Cc1cc(C)c2c(NCCn3nc(C)nc3C)ncnc2n1. The van der Waals surface area contributed by atoms with E-state index >= 15 is 0 Å². The summed E-state index contributed by atoms with van der Waals surface area (Å²) in [6.45, 7) is 9.32. The lowest BCUT2D eigenvalue weighted by atomic mass is 10.1. The predicted octanol–water partition coefficient (Wildman–Crippen LogP) is 1.96. The molecule has 0 aliphatic carbocycles. The van der Waals surface area contributed by atoms with Gasteiger partial charge in [0.1, 0.15) is 23.8 Å². The molecule has 0 saturated carbocycles. The Morgan fingerprint density at radius 3 is 2.64 bits per heavy atom. The Kier molecular flexibility index (Phi) is 3.70. The predicted molar refractivity (Wildman–Crippen MR) is 84.8 cm³/mol. The quantitative estimate of drug-likeness (QED) is 0.793. The molecule has 0 aliphatic heterocycles. The first-order chi connectivity index (χ1) is 10.5. The summed E-state index contributed by atoms with van der Waals surface area (Å²) in [5.41, 5.74) is 2.81. The Bertz CT molecular complexity index is 822. The normalized spacial score (nSPS) is 11.1. The minimum absolute atomic E-state index is 0.711. The molecule has 0 amide bonds. The van der Waals surface area contributed by atoms with E-state index in [9.17, 15) is 0 Å². The number of hydrogen-bond acceptors (Lipinski definition) is 6. The Morgan fingerprint density at radius 1 is 1.09 bits per heavy atom. The van der Waals surface area contributed by atoms with Crippen molar-refractivity contribution in [2.75, 3.05) is 11.9 Å². The van der Waals surface area contributed by atoms with Crippen molar-refractivity contribution in [2.24, 2.45) is 0 Å². The van der Waals surface area contributed by atoms with Crippen LogP contribution in [0.25, 0.3) is 11.0 Å². The summed E-state index contributed by atoms with van der Waals surface area (Å²) >= 11 is 0. The van der Waals surface area contributed by atoms with Gasteiger partial charge < -0.3 is 5.32 Å². The molecule has 0 spiro atoms. The molecule has 3 aromatic rings. The first-order valence-electron chi connectivity index (χ1n) is 7.25. The molecule has 3 heterocycles. The highest BCUT2D eigenvalue weighted by Crippen LogP contribution is 2.22. The lowest BCUT2D eigenvalue weighted by molar-refractivity contribution is 0.612. The maximum Gasteiger partial charge on any atom is 0.165 e. The zero-order chi connectivity index (χ0) is 15.7. The Hall–Kier alpha value is -2.57. The van der Waals surface area contributed by atoms with Gasteiger partial charge in [-0.25, -0.2) is 24.6 Å². The van der Waals surface area contributed by atoms with Crippen LogP contribution >= 0.6 is 0 Å². The van der Waals surface area contributed by atoms with E-state index in [0.29, 0.717) is 6.54 Å². The molecule has 0 aliphatic rings. The van der Waals surface area contributed by atoms with Crippen molar-refractivity contribution in [2.45, 2.75) is 34.2 Å². The standard InChI is InChI=1S/C15H19N7/c1-9-7-10(2)19-15-13(9)14(17-8-18-15)16-5-6-22-12(4)20-11(3)21-22/h7-8H,5-6H2,1-4H3,(H,16,17,18,19). The summed E-state index contributed by atoms with van der Waals surface area (Å²) in [7, 11) is 0. The number of nitrogens with one attached hydrogen (secondary N) is 1. The fraction of sp³-hybridized carbons (Fsp3) is 0.400. The first kappa shape index (κ1) is 14.4. The van der Waals surface area contributed by atoms with Crippen LogP contribution in [0.15, 0.2) is 12.4 Å². The Labute approximate surface area is 128 Å². The molecule has 3 rings (SSSR count). The maximum absolute atomic E-state index is 4.46. The zero-order valence-electron chi connectivity index (χ0n) is 13.3. The second-order valence-electron chi connectivity index (χ2n) is 5.36. The third-order valence-electron chi connectivity index (χ3n) is 3.51. The molecule has 1 N–H and O–H groups in total.